The van der Waals surface area contributed by atoms with Crippen LogP contribution < -0.4 is 10.6 Å². The maximum absolute atomic E-state index is 12.2. The molecular formula is C15H26F3N3O3S. The summed E-state index contributed by atoms with van der Waals surface area (Å²) in [6.07, 6.45) is -2.63. The van der Waals surface area contributed by atoms with Crippen LogP contribution in [0.2, 0.25) is 0 Å². The van der Waals surface area contributed by atoms with E-state index in [-0.39, 0.29) is 24.4 Å². The van der Waals surface area contributed by atoms with Crippen LogP contribution in [0.1, 0.15) is 38.5 Å². The number of hydrogen-bond donors (Lipinski definition) is 2. The molecule has 0 bridgehead atoms. The van der Waals surface area contributed by atoms with Gasteiger partial charge in [-0.1, -0.05) is 0 Å². The van der Waals surface area contributed by atoms with Crippen molar-refractivity contribution in [1.29, 1.82) is 0 Å². The molecule has 2 rings (SSSR count). The summed E-state index contributed by atoms with van der Waals surface area (Å²) in [7, 11) is -3.68. The van der Waals surface area contributed by atoms with Gasteiger partial charge in [0.1, 0.15) is 0 Å². The van der Waals surface area contributed by atoms with Crippen LogP contribution in [-0.4, -0.2) is 62.8 Å². The Balaban J connectivity index is 1.77. The Bertz CT molecular complexity index is 548. The standard InChI is InChI=1S/C15H26F3N3O3S/c16-15(17,18)6-3-9-25(23,24)21-8-2-4-12(11-21)10-20-14(22)13-5-1-7-19-13/h12-13,19H,1-11H2,(H,20,22). The minimum atomic E-state index is -4.33. The Morgan fingerprint density at radius 2 is 2.00 bits per heavy atom. The van der Waals surface area contributed by atoms with Crippen LogP contribution in [0.4, 0.5) is 13.2 Å². The molecule has 6 nitrogen and oxygen atoms in total. The summed E-state index contributed by atoms with van der Waals surface area (Å²) in [6.45, 7) is 1.81. The number of alkyl halides is 3. The van der Waals surface area contributed by atoms with Crippen LogP contribution in [-0.2, 0) is 14.8 Å². The van der Waals surface area contributed by atoms with Gasteiger partial charge in [0.15, 0.2) is 0 Å². The number of nitrogens with zero attached hydrogens (tertiary/aromatic N) is 1. The Hall–Kier alpha value is -0.870. The molecule has 2 unspecified atom stereocenters. The predicted octanol–water partition coefficient (Wildman–Crippen LogP) is 1.24. The molecule has 0 saturated carbocycles. The molecule has 2 saturated heterocycles. The average Bonchev–Trinajstić information content (AvgIpc) is 3.06. The van der Waals surface area contributed by atoms with Crippen LogP contribution in [0.3, 0.4) is 0 Å². The molecule has 2 heterocycles. The molecule has 2 fully saturated rings. The predicted molar refractivity (Wildman–Crippen MR) is 87.4 cm³/mol. The summed E-state index contributed by atoms with van der Waals surface area (Å²) < 4.78 is 62.3. The third-order valence-corrected chi connectivity index (χ3v) is 6.60. The van der Waals surface area contributed by atoms with Gasteiger partial charge in [0.25, 0.3) is 0 Å². The second-order valence-electron chi connectivity index (χ2n) is 6.80. The van der Waals surface area contributed by atoms with E-state index in [1.165, 1.54) is 4.31 Å². The van der Waals surface area contributed by atoms with E-state index in [0.29, 0.717) is 19.5 Å². The molecule has 2 aliphatic rings. The summed E-state index contributed by atoms with van der Waals surface area (Å²) in [5.41, 5.74) is 0. The normalized spacial score (nSPS) is 25.9. The third kappa shape index (κ3) is 6.74. The molecule has 0 aromatic carbocycles. The van der Waals surface area contributed by atoms with Gasteiger partial charge in [0.05, 0.1) is 11.8 Å². The molecule has 0 aromatic heterocycles. The largest absolute Gasteiger partial charge is 0.389 e. The number of rotatable bonds is 7. The molecule has 2 aliphatic heterocycles. The number of hydrogen-bond acceptors (Lipinski definition) is 4. The molecule has 2 N–H and O–H groups in total. The van der Waals surface area contributed by atoms with E-state index in [1.54, 1.807) is 0 Å². The van der Waals surface area contributed by atoms with Crippen LogP contribution >= 0.6 is 0 Å². The summed E-state index contributed by atoms with van der Waals surface area (Å²) in [4.78, 5) is 12.0. The monoisotopic (exact) mass is 385 g/mol. The van der Waals surface area contributed by atoms with Crippen molar-refractivity contribution >= 4 is 15.9 Å². The molecular weight excluding hydrogens is 359 g/mol. The first-order valence-electron chi connectivity index (χ1n) is 8.73. The highest BCUT2D eigenvalue weighted by atomic mass is 32.2. The number of sulfonamides is 1. The van der Waals surface area contributed by atoms with E-state index < -0.39 is 34.8 Å². The minimum absolute atomic E-state index is 0.00325. The first-order chi connectivity index (χ1) is 11.7. The van der Waals surface area contributed by atoms with Crippen LogP contribution in [0, 0.1) is 5.92 Å². The zero-order valence-electron chi connectivity index (χ0n) is 14.1. The zero-order valence-corrected chi connectivity index (χ0v) is 15.0. The number of nitrogens with one attached hydrogen (secondary N) is 2. The van der Waals surface area contributed by atoms with Crippen LogP contribution in [0.25, 0.3) is 0 Å². The lowest BCUT2D eigenvalue weighted by atomic mass is 9.99. The Kier molecular flexibility index (Phi) is 7.10. The van der Waals surface area contributed by atoms with E-state index in [4.69, 9.17) is 0 Å². The van der Waals surface area contributed by atoms with Gasteiger partial charge < -0.3 is 10.6 Å². The second-order valence-corrected chi connectivity index (χ2v) is 8.88. The first-order valence-corrected chi connectivity index (χ1v) is 10.3. The van der Waals surface area contributed by atoms with Crippen molar-refractivity contribution in [3.05, 3.63) is 0 Å². The molecule has 25 heavy (non-hydrogen) atoms. The summed E-state index contributed by atoms with van der Waals surface area (Å²) >= 11 is 0. The molecule has 146 valence electrons. The molecule has 10 heteroatoms. The molecule has 0 aliphatic carbocycles. The molecule has 0 aromatic rings. The number of carbonyl (C=O) groups excluding carboxylic acids is 1. The van der Waals surface area contributed by atoms with E-state index in [2.05, 4.69) is 10.6 Å². The lowest BCUT2D eigenvalue weighted by molar-refractivity contribution is -0.134. The zero-order chi connectivity index (χ0) is 18.5. The molecule has 0 spiro atoms. The second kappa shape index (κ2) is 8.68. The number of carbonyl (C=O) groups is 1. The molecule has 1 amide bonds. The van der Waals surface area contributed by atoms with Gasteiger partial charge in [0.2, 0.25) is 15.9 Å². The van der Waals surface area contributed by atoms with Crippen molar-refractivity contribution in [3.63, 3.8) is 0 Å². The maximum atomic E-state index is 12.2. The average molecular weight is 385 g/mol. The highest BCUT2D eigenvalue weighted by Crippen LogP contribution is 2.24. The van der Waals surface area contributed by atoms with Crippen molar-refractivity contribution < 1.29 is 26.4 Å². The van der Waals surface area contributed by atoms with Crippen molar-refractivity contribution in [3.8, 4) is 0 Å². The fourth-order valence-corrected chi connectivity index (χ4v) is 4.92. The van der Waals surface area contributed by atoms with E-state index >= 15 is 0 Å². The van der Waals surface area contributed by atoms with Crippen molar-refractivity contribution in [2.75, 3.05) is 31.9 Å². The quantitative estimate of drug-likeness (QED) is 0.691. The van der Waals surface area contributed by atoms with Crippen molar-refractivity contribution in [2.45, 2.75) is 50.7 Å². The SMILES string of the molecule is O=C(NCC1CCCN(S(=O)(=O)CCCC(F)(F)F)C1)C1CCCN1. The summed E-state index contributed by atoms with van der Waals surface area (Å²) in [5, 5.41) is 5.96. The van der Waals surface area contributed by atoms with Gasteiger partial charge in [-0.05, 0) is 44.6 Å². The van der Waals surface area contributed by atoms with Crippen molar-refractivity contribution in [1.82, 2.24) is 14.9 Å². The fraction of sp³-hybridized carbons (Fsp3) is 0.933. The minimum Gasteiger partial charge on any atom is -0.354 e. The maximum Gasteiger partial charge on any atom is 0.389 e. The highest BCUT2D eigenvalue weighted by molar-refractivity contribution is 7.89. The lowest BCUT2D eigenvalue weighted by Gasteiger charge is -2.32. The molecule has 0 radical (unpaired) electrons. The number of halogens is 3. The van der Waals surface area contributed by atoms with Crippen molar-refractivity contribution in [2.24, 2.45) is 5.92 Å². The van der Waals surface area contributed by atoms with Gasteiger partial charge in [-0.3, -0.25) is 4.79 Å². The van der Waals surface area contributed by atoms with Gasteiger partial charge >= 0.3 is 6.18 Å². The van der Waals surface area contributed by atoms with Crippen LogP contribution in [0.15, 0.2) is 0 Å². The lowest BCUT2D eigenvalue weighted by Crippen LogP contribution is -2.47. The fourth-order valence-electron chi connectivity index (χ4n) is 3.31. The van der Waals surface area contributed by atoms with E-state index in [0.717, 1.165) is 25.8 Å². The number of piperidine rings is 1. The van der Waals surface area contributed by atoms with Gasteiger partial charge in [-0.25, -0.2) is 12.7 Å². The Morgan fingerprint density at radius 1 is 1.24 bits per heavy atom. The van der Waals surface area contributed by atoms with E-state index in [1.807, 2.05) is 0 Å². The van der Waals surface area contributed by atoms with Gasteiger partial charge in [-0.15, -0.1) is 0 Å². The molecule has 2 atom stereocenters. The van der Waals surface area contributed by atoms with Gasteiger partial charge in [-0.2, -0.15) is 13.2 Å². The smallest absolute Gasteiger partial charge is 0.354 e. The first kappa shape index (κ1) is 20.4. The highest BCUT2D eigenvalue weighted by Gasteiger charge is 2.32. The topological polar surface area (TPSA) is 78.5 Å². The third-order valence-electron chi connectivity index (χ3n) is 4.68. The van der Waals surface area contributed by atoms with E-state index in [9.17, 15) is 26.4 Å². The number of amides is 1. The summed E-state index contributed by atoms with van der Waals surface area (Å²) in [5.74, 6) is -0.559. The van der Waals surface area contributed by atoms with Crippen LogP contribution in [0.5, 0.6) is 0 Å². The Labute approximate surface area is 146 Å². The Morgan fingerprint density at radius 3 is 2.64 bits per heavy atom. The summed E-state index contributed by atoms with van der Waals surface area (Å²) in [6, 6.07) is -0.175. The van der Waals surface area contributed by atoms with Gasteiger partial charge in [0, 0.05) is 26.1 Å².